The lowest BCUT2D eigenvalue weighted by Gasteiger charge is -2.34. The van der Waals surface area contributed by atoms with Crippen LogP contribution in [0.2, 0.25) is 0 Å². The largest absolute Gasteiger partial charge is 0.334 e. The maximum absolute atomic E-state index is 13.6. The minimum Gasteiger partial charge on any atom is -0.334 e. The average molecular weight is 278 g/mol. The van der Waals surface area contributed by atoms with Crippen molar-refractivity contribution < 1.29 is 13.6 Å². The molecule has 0 aliphatic heterocycles. The molecule has 5 heteroatoms. The van der Waals surface area contributed by atoms with E-state index < -0.39 is 23.1 Å². The maximum Gasteiger partial charge on any atom is 0.255 e. The lowest BCUT2D eigenvalue weighted by molar-refractivity contribution is 0.0889. The molecule has 1 N–H and O–H groups in total. The Morgan fingerprint density at radius 1 is 1.40 bits per heavy atom. The minimum atomic E-state index is -0.940. The summed E-state index contributed by atoms with van der Waals surface area (Å²) < 4.78 is 26.4. The van der Waals surface area contributed by atoms with Crippen molar-refractivity contribution in [3.05, 3.63) is 35.4 Å². The lowest BCUT2D eigenvalue weighted by atomic mass is 9.78. The van der Waals surface area contributed by atoms with Crippen molar-refractivity contribution in [2.45, 2.75) is 38.1 Å². The Balaban J connectivity index is 2.16. The van der Waals surface area contributed by atoms with Crippen molar-refractivity contribution in [2.24, 2.45) is 5.92 Å². The van der Waals surface area contributed by atoms with E-state index in [1.165, 1.54) is 0 Å². The van der Waals surface area contributed by atoms with Gasteiger partial charge in [-0.3, -0.25) is 4.79 Å². The predicted octanol–water partition coefficient (Wildman–Crippen LogP) is 3.17. The molecule has 1 aliphatic carbocycles. The Bertz CT molecular complexity index is 557. The normalized spacial score (nSPS) is 25.8. The average Bonchev–Trinajstić information content (AvgIpc) is 2.41. The summed E-state index contributed by atoms with van der Waals surface area (Å²) >= 11 is 0. The molecule has 1 amide bonds. The predicted molar refractivity (Wildman–Crippen MR) is 69.8 cm³/mol. The number of nitrogens with one attached hydrogen (secondary N) is 1. The summed E-state index contributed by atoms with van der Waals surface area (Å²) in [6.07, 6.45) is 2.80. The van der Waals surface area contributed by atoms with Crippen LogP contribution < -0.4 is 5.32 Å². The van der Waals surface area contributed by atoms with Crippen molar-refractivity contribution in [3.63, 3.8) is 0 Å². The van der Waals surface area contributed by atoms with Gasteiger partial charge in [0.15, 0.2) is 0 Å². The maximum atomic E-state index is 13.6. The molecule has 106 valence electrons. The van der Waals surface area contributed by atoms with Crippen molar-refractivity contribution in [3.8, 4) is 6.07 Å². The molecule has 0 unspecified atom stereocenters. The van der Waals surface area contributed by atoms with Crippen LogP contribution in [0.4, 0.5) is 8.78 Å². The van der Waals surface area contributed by atoms with Gasteiger partial charge in [-0.2, -0.15) is 5.26 Å². The van der Waals surface area contributed by atoms with Crippen LogP contribution in [0.5, 0.6) is 0 Å². The van der Waals surface area contributed by atoms with E-state index in [1.807, 2.05) is 0 Å². The van der Waals surface area contributed by atoms with Crippen LogP contribution in [-0.4, -0.2) is 11.4 Å². The Morgan fingerprint density at radius 3 is 2.60 bits per heavy atom. The quantitative estimate of drug-likeness (QED) is 0.903. The Hall–Kier alpha value is -1.96. The number of nitrogens with zero attached hydrogens (tertiary/aromatic N) is 1. The van der Waals surface area contributed by atoms with Gasteiger partial charge in [0.05, 0.1) is 11.6 Å². The van der Waals surface area contributed by atoms with Crippen molar-refractivity contribution in [1.82, 2.24) is 5.32 Å². The third-order valence-electron chi connectivity index (χ3n) is 3.87. The molecular formula is C15H16F2N2O. The monoisotopic (exact) mass is 278 g/mol. The molecule has 1 saturated carbocycles. The zero-order valence-electron chi connectivity index (χ0n) is 11.2. The zero-order chi connectivity index (χ0) is 14.8. The standard InChI is InChI=1S/C15H16F2N2O/c1-10-4-6-15(9-18,7-5-10)19-14(20)12-3-2-11(16)8-13(12)17/h2-3,8,10H,4-7H2,1H3,(H,19,20). The number of carbonyl (C=O) groups excluding carboxylic acids is 1. The first-order valence-electron chi connectivity index (χ1n) is 6.64. The van der Waals surface area contributed by atoms with E-state index >= 15 is 0 Å². The molecule has 2 rings (SSSR count). The van der Waals surface area contributed by atoms with Gasteiger partial charge in [-0.15, -0.1) is 0 Å². The van der Waals surface area contributed by atoms with Crippen LogP contribution in [0.1, 0.15) is 43.0 Å². The zero-order valence-corrected chi connectivity index (χ0v) is 11.2. The van der Waals surface area contributed by atoms with Gasteiger partial charge in [-0.25, -0.2) is 8.78 Å². The fourth-order valence-electron chi connectivity index (χ4n) is 2.48. The first-order chi connectivity index (χ1) is 9.46. The number of rotatable bonds is 2. The van der Waals surface area contributed by atoms with E-state index in [0.29, 0.717) is 24.8 Å². The van der Waals surface area contributed by atoms with Crippen LogP contribution in [0.25, 0.3) is 0 Å². The van der Waals surface area contributed by atoms with E-state index in [1.54, 1.807) is 0 Å². The first kappa shape index (κ1) is 14.4. The summed E-state index contributed by atoms with van der Waals surface area (Å²) in [6.45, 7) is 2.10. The molecule has 0 heterocycles. The fourth-order valence-corrected chi connectivity index (χ4v) is 2.48. The number of carbonyl (C=O) groups is 1. The highest BCUT2D eigenvalue weighted by atomic mass is 19.1. The number of hydrogen-bond donors (Lipinski definition) is 1. The number of amides is 1. The Morgan fingerprint density at radius 2 is 2.05 bits per heavy atom. The summed E-state index contributed by atoms with van der Waals surface area (Å²) in [7, 11) is 0. The van der Waals surface area contributed by atoms with Crippen LogP contribution in [0, 0.1) is 28.9 Å². The summed E-state index contributed by atoms with van der Waals surface area (Å²) in [5, 5.41) is 11.9. The molecule has 1 aromatic carbocycles. The number of nitriles is 1. The Labute approximate surface area is 116 Å². The highest BCUT2D eigenvalue weighted by Crippen LogP contribution is 2.31. The molecule has 0 aromatic heterocycles. The lowest BCUT2D eigenvalue weighted by Crippen LogP contribution is -2.49. The van der Waals surface area contributed by atoms with Gasteiger partial charge < -0.3 is 5.32 Å². The summed E-state index contributed by atoms with van der Waals surface area (Å²) in [4.78, 5) is 12.1. The molecule has 1 aromatic rings. The molecule has 0 atom stereocenters. The van der Waals surface area contributed by atoms with Gasteiger partial charge in [-0.05, 0) is 43.7 Å². The van der Waals surface area contributed by atoms with Gasteiger partial charge in [0, 0.05) is 6.07 Å². The van der Waals surface area contributed by atoms with Gasteiger partial charge in [0.2, 0.25) is 0 Å². The fraction of sp³-hybridized carbons (Fsp3) is 0.467. The minimum absolute atomic E-state index is 0.236. The molecule has 0 radical (unpaired) electrons. The summed E-state index contributed by atoms with van der Waals surface area (Å²) in [6, 6.07) is 4.93. The second-order valence-electron chi connectivity index (χ2n) is 5.45. The molecular weight excluding hydrogens is 262 g/mol. The van der Waals surface area contributed by atoms with Gasteiger partial charge in [0.25, 0.3) is 5.91 Å². The highest BCUT2D eigenvalue weighted by Gasteiger charge is 2.36. The summed E-state index contributed by atoms with van der Waals surface area (Å²) in [5.41, 5.74) is -1.18. The van der Waals surface area contributed by atoms with E-state index in [-0.39, 0.29) is 5.56 Å². The molecule has 1 aliphatic rings. The SMILES string of the molecule is CC1CCC(C#N)(NC(=O)c2ccc(F)cc2F)CC1. The second kappa shape index (κ2) is 5.58. The third-order valence-corrected chi connectivity index (χ3v) is 3.87. The first-order valence-corrected chi connectivity index (χ1v) is 6.64. The topological polar surface area (TPSA) is 52.9 Å². The van der Waals surface area contributed by atoms with Crippen LogP contribution in [-0.2, 0) is 0 Å². The summed E-state index contributed by atoms with van der Waals surface area (Å²) in [5.74, 6) is -1.80. The second-order valence-corrected chi connectivity index (χ2v) is 5.45. The van der Waals surface area contributed by atoms with Gasteiger partial charge in [-0.1, -0.05) is 6.92 Å². The molecule has 0 saturated heterocycles. The van der Waals surface area contributed by atoms with E-state index in [9.17, 15) is 18.8 Å². The van der Waals surface area contributed by atoms with E-state index in [0.717, 1.165) is 25.0 Å². The smallest absolute Gasteiger partial charge is 0.255 e. The van der Waals surface area contributed by atoms with Crippen molar-refractivity contribution in [1.29, 1.82) is 5.26 Å². The number of halogens is 2. The van der Waals surface area contributed by atoms with Crippen LogP contribution in [0.3, 0.4) is 0 Å². The van der Waals surface area contributed by atoms with Crippen molar-refractivity contribution in [2.75, 3.05) is 0 Å². The molecule has 0 bridgehead atoms. The third kappa shape index (κ3) is 2.96. The molecule has 1 fully saturated rings. The highest BCUT2D eigenvalue weighted by molar-refractivity contribution is 5.95. The van der Waals surface area contributed by atoms with E-state index in [4.69, 9.17) is 0 Å². The van der Waals surface area contributed by atoms with E-state index in [2.05, 4.69) is 18.3 Å². The van der Waals surface area contributed by atoms with Crippen LogP contribution >= 0.6 is 0 Å². The number of hydrogen-bond acceptors (Lipinski definition) is 2. The molecule has 0 spiro atoms. The molecule has 3 nitrogen and oxygen atoms in total. The van der Waals surface area contributed by atoms with Gasteiger partial charge >= 0.3 is 0 Å². The van der Waals surface area contributed by atoms with Crippen LogP contribution in [0.15, 0.2) is 18.2 Å². The number of benzene rings is 1. The Kier molecular flexibility index (Phi) is 4.03. The van der Waals surface area contributed by atoms with Gasteiger partial charge in [0.1, 0.15) is 17.2 Å². The molecule has 20 heavy (non-hydrogen) atoms. The van der Waals surface area contributed by atoms with Crippen molar-refractivity contribution >= 4 is 5.91 Å².